The predicted octanol–water partition coefficient (Wildman–Crippen LogP) is 23.0. The summed E-state index contributed by atoms with van der Waals surface area (Å²) in [6.45, 7) is 3.60. The molecule has 3 N–H and O–H groups in total. The highest BCUT2D eigenvalue weighted by atomic mass is 31.2. The number of unbranched alkanes of at least 4 members (excludes halogenated alkanes) is 39. The SMILES string of the molecule is CC/C=C\C/C=C\C/C=C\C/C=C\C/C=C\C/C=C\C/C=C\CCCC(=O)OC(COC(=O)CCCCCCCCCCCCCCCCCCCCCCCCCCCCCCCCCCCCCCCCC)COP(=O)(O)OCCN. The molecule has 0 saturated carbocycles. The van der Waals surface area contributed by atoms with Crippen LogP contribution in [0.3, 0.4) is 0 Å². The summed E-state index contributed by atoms with van der Waals surface area (Å²) < 4.78 is 33.1. The van der Waals surface area contributed by atoms with Crippen molar-refractivity contribution < 1.29 is 37.6 Å². The Labute approximate surface area is 513 Å². The van der Waals surface area contributed by atoms with E-state index in [1.807, 2.05) is 6.08 Å². The molecule has 0 saturated heterocycles. The van der Waals surface area contributed by atoms with Crippen molar-refractivity contribution in [1.29, 1.82) is 0 Å². The molecule has 0 aromatic carbocycles. The topological polar surface area (TPSA) is 134 Å². The zero-order chi connectivity index (χ0) is 60.1. The number of hydrogen-bond acceptors (Lipinski definition) is 8. The van der Waals surface area contributed by atoms with Gasteiger partial charge in [-0.3, -0.25) is 18.6 Å². The molecule has 0 bridgehead atoms. The van der Waals surface area contributed by atoms with Gasteiger partial charge in [0.25, 0.3) is 0 Å². The van der Waals surface area contributed by atoms with Crippen molar-refractivity contribution in [1.82, 2.24) is 0 Å². The number of nitrogens with two attached hydrogens (primary N) is 1. The van der Waals surface area contributed by atoms with E-state index in [-0.39, 0.29) is 32.6 Å². The number of allylic oxidation sites excluding steroid dienone is 14. The molecule has 2 unspecified atom stereocenters. The smallest absolute Gasteiger partial charge is 0.462 e. The minimum Gasteiger partial charge on any atom is -0.462 e. The minimum atomic E-state index is -4.41. The van der Waals surface area contributed by atoms with Crippen LogP contribution in [0.4, 0.5) is 0 Å². The second-order valence-corrected chi connectivity index (χ2v) is 24.8. The summed E-state index contributed by atoms with van der Waals surface area (Å²) in [5, 5.41) is 0. The zero-order valence-electron chi connectivity index (χ0n) is 54.2. The van der Waals surface area contributed by atoms with Crippen LogP contribution in [0.2, 0.25) is 0 Å². The third-order valence-corrected chi connectivity index (χ3v) is 16.3. The number of esters is 2. The second kappa shape index (κ2) is 68.3. The fraction of sp³-hybridized carbons (Fsp3) is 0.781. The summed E-state index contributed by atoms with van der Waals surface area (Å²) in [5.74, 6) is -0.890. The molecule has 0 aromatic rings. The van der Waals surface area contributed by atoms with Crippen molar-refractivity contribution in [2.24, 2.45) is 5.73 Å². The largest absolute Gasteiger partial charge is 0.472 e. The van der Waals surface area contributed by atoms with Gasteiger partial charge in [-0.25, -0.2) is 4.57 Å². The molecule has 83 heavy (non-hydrogen) atoms. The van der Waals surface area contributed by atoms with E-state index in [4.69, 9.17) is 24.3 Å². The lowest BCUT2D eigenvalue weighted by atomic mass is 10.0. The maximum atomic E-state index is 12.7. The molecule has 2 atom stereocenters. The lowest BCUT2D eigenvalue weighted by Crippen LogP contribution is -2.29. The van der Waals surface area contributed by atoms with E-state index >= 15 is 0 Å². The highest BCUT2D eigenvalue weighted by molar-refractivity contribution is 7.47. The number of phosphoric acid groups is 1. The monoisotopic (exact) mass is 1180 g/mol. The zero-order valence-corrected chi connectivity index (χ0v) is 55.1. The lowest BCUT2D eigenvalue weighted by molar-refractivity contribution is -0.161. The van der Waals surface area contributed by atoms with E-state index in [9.17, 15) is 19.0 Å². The van der Waals surface area contributed by atoms with Gasteiger partial charge in [0.05, 0.1) is 13.2 Å². The van der Waals surface area contributed by atoms with E-state index < -0.39 is 32.5 Å². The molecule has 0 aliphatic rings. The Morgan fingerprint density at radius 2 is 0.663 bits per heavy atom. The molecule has 0 heterocycles. The van der Waals surface area contributed by atoms with Crippen LogP contribution in [0.25, 0.3) is 0 Å². The van der Waals surface area contributed by atoms with Gasteiger partial charge in [-0.15, -0.1) is 0 Å². The van der Waals surface area contributed by atoms with Crippen molar-refractivity contribution in [2.75, 3.05) is 26.4 Å². The summed E-state index contributed by atoms with van der Waals surface area (Å²) >= 11 is 0. The fourth-order valence-corrected chi connectivity index (χ4v) is 10.9. The Morgan fingerprint density at radius 3 is 0.976 bits per heavy atom. The number of rotatable bonds is 66. The molecule has 0 amide bonds. The molecule has 0 aliphatic heterocycles. The summed E-state index contributed by atoms with van der Waals surface area (Å²) in [6.07, 6.45) is 91.5. The van der Waals surface area contributed by atoms with Crippen LogP contribution < -0.4 is 5.73 Å². The van der Waals surface area contributed by atoms with E-state index in [1.54, 1.807) is 0 Å². The first-order valence-electron chi connectivity index (χ1n) is 35.1. The van der Waals surface area contributed by atoms with E-state index in [2.05, 4.69) is 92.8 Å². The summed E-state index contributed by atoms with van der Waals surface area (Å²) in [7, 11) is -4.41. The Morgan fingerprint density at radius 1 is 0.373 bits per heavy atom. The Balaban J connectivity index is 3.84. The first-order chi connectivity index (χ1) is 40.8. The number of hydrogen-bond donors (Lipinski definition) is 2. The van der Waals surface area contributed by atoms with Crippen molar-refractivity contribution in [3.05, 3.63) is 85.1 Å². The van der Waals surface area contributed by atoms with E-state index in [0.29, 0.717) is 12.8 Å². The summed E-state index contributed by atoms with van der Waals surface area (Å²) in [5.41, 5.74) is 5.39. The van der Waals surface area contributed by atoms with Crippen LogP contribution in [-0.2, 0) is 32.7 Å². The summed E-state index contributed by atoms with van der Waals surface area (Å²) in [4.78, 5) is 35.3. The highest BCUT2D eigenvalue weighted by Gasteiger charge is 2.26. The van der Waals surface area contributed by atoms with Crippen molar-refractivity contribution in [2.45, 2.75) is 341 Å². The molecule has 0 aromatic heterocycles. The molecular weight excluding hydrogens is 1050 g/mol. The summed E-state index contributed by atoms with van der Waals surface area (Å²) in [6, 6.07) is 0. The van der Waals surface area contributed by atoms with E-state index in [1.165, 1.54) is 231 Å². The minimum absolute atomic E-state index is 0.0413. The third kappa shape index (κ3) is 68.2. The first kappa shape index (κ1) is 80.2. The van der Waals surface area contributed by atoms with Gasteiger partial charge < -0.3 is 20.1 Å². The number of phosphoric ester groups is 1. The Hall–Kier alpha value is -2.81. The Kier molecular flexibility index (Phi) is 66.0. The van der Waals surface area contributed by atoms with Crippen LogP contribution in [0, 0.1) is 0 Å². The molecule has 0 spiro atoms. The average molecular weight is 1180 g/mol. The van der Waals surface area contributed by atoms with Gasteiger partial charge in [0.1, 0.15) is 6.61 Å². The lowest BCUT2D eigenvalue weighted by Gasteiger charge is -2.19. The van der Waals surface area contributed by atoms with Crippen molar-refractivity contribution >= 4 is 19.8 Å². The van der Waals surface area contributed by atoms with Gasteiger partial charge in [0.2, 0.25) is 0 Å². The van der Waals surface area contributed by atoms with Crippen LogP contribution >= 0.6 is 7.82 Å². The molecule has 0 radical (unpaired) electrons. The highest BCUT2D eigenvalue weighted by Crippen LogP contribution is 2.43. The molecule has 10 heteroatoms. The number of carbonyl (C=O) groups excluding carboxylic acids is 2. The van der Waals surface area contributed by atoms with E-state index in [0.717, 1.165) is 64.2 Å². The maximum absolute atomic E-state index is 12.7. The fourth-order valence-electron chi connectivity index (χ4n) is 10.2. The maximum Gasteiger partial charge on any atom is 0.472 e. The average Bonchev–Trinajstić information content (AvgIpc) is 3.48. The van der Waals surface area contributed by atoms with Gasteiger partial charge in [-0.05, 0) is 64.2 Å². The first-order valence-corrected chi connectivity index (χ1v) is 36.6. The molecule has 482 valence electrons. The van der Waals surface area contributed by atoms with Crippen LogP contribution in [0.5, 0.6) is 0 Å². The van der Waals surface area contributed by atoms with Gasteiger partial charge >= 0.3 is 19.8 Å². The van der Waals surface area contributed by atoms with Gasteiger partial charge in [-0.1, -0.05) is 343 Å². The second-order valence-electron chi connectivity index (χ2n) is 23.4. The Bertz CT molecular complexity index is 1640. The third-order valence-electron chi connectivity index (χ3n) is 15.3. The van der Waals surface area contributed by atoms with Crippen molar-refractivity contribution in [3.8, 4) is 0 Å². The quantitative estimate of drug-likeness (QED) is 0.0264. The van der Waals surface area contributed by atoms with Gasteiger partial charge in [0.15, 0.2) is 6.10 Å². The number of ether oxygens (including phenoxy) is 2. The molecule has 0 rings (SSSR count). The normalized spacial score (nSPS) is 13.4. The van der Waals surface area contributed by atoms with Gasteiger partial charge in [0, 0.05) is 19.4 Å². The molecule has 0 fully saturated rings. The van der Waals surface area contributed by atoms with Gasteiger partial charge in [-0.2, -0.15) is 0 Å². The molecule has 9 nitrogen and oxygen atoms in total. The number of carbonyl (C=O) groups is 2. The molecule has 0 aliphatic carbocycles. The van der Waals surface area contributed by atoms with Crippen LogP contribution in [0.15, 0.2) is 85.1 Å². The van der Waals surface area contributed by atoms with Crippen LogP contribution in [-0.4, -0.2) is 49.3 Å². The molecular formula is C73H132NO8P. The predicted molar refractivity (Wildman–Crippen MR) is 358 cm³/mol. The van der Waals surface area contributed by atoms with Crippen LogP contribution in [0.1, 0.15) is 335 Å². The standard InChI is InChI=1S/C73H132NO8P/c1-3-5-7-9-11-13-15-17-19-21-23-25-27-28-29-30-31-32-33-34-35-36-37-38-39-40-41-42-44-45-47-49-51-53-55-57-59-61-63-65-72(75)79-69-71(70-81-83(77,78)80-68-67-74)82-73(76)66-64-62-60-58-56-54-52-50-48-46-43-26-24-22-20-18-16-14-12-10-8-6-4-2/h6,8,12,14,18,20,24,26,46,48,52,54,58,60,71H,3-5,7,9-11,13,15-17,19,21-23,25,27-45,47,49-51,53,55-57,59,61-70,74H2,1-2H3,(H,77,78)/b8-6-,14-12-,20-18-,26-24-,48-46-,54-52-,60-58-. The van der Waals surface area contributed by atoms with Crippen molar-refractivity contribution in [3.63, 3.8) is 0 Å².